The van der Waals surface area contributed by atoms with E-state index in [1.165, 1.54) is 0 Å². The average Bonchev–Trinajstić information content (AvgIpc) is 2.36. The third-order valence-electron chi connectivity index (χ3n) is 2.36. The molecule has 0 fully saturated rings. The van der Waals surface area contributed by atoms with E-state index in [9.17, 15) is 0 Å². The van der Waals surface area contributed by atoms with Crippen LogP contribution in [0.3, 0.4) is 0 Å². The van der Waals surface area contributed by atoms with Crippen LogP contribution >= 0.6 is 27.5 Å². The van der Waals surface area contributed by atoms with Crippen LogP contribution in [-0.4, -0.2) is 0 Å². The quantitative estimate of drug-likeness (QED) is 0.748. The van der Waals surface area contributed by atoms with Crippen molar-refractivity contribution in [3.8, 4) is 11.8 Å². The molecule has 3 heteroatoms. The normalized spacial score (nSPS) is 9.50. The van der Waals surface area contributed by atoms with Gasteiger partial charge in [-0.25, -0.2) is 0 Å². The predicted octanol–water partition coefficient (Wildman–Crippen LogP) is 5.22. The Morgan fingerprint density at radius 1 is 1.11 bits per heavy atom. The first kappa shape index (κ1) is 13.0. The van der Waals surface area contributed by atoms with Gasteiger partial charge in [0.1, 0.15) is 0 Å². The van der Waals surface area contributed by atoms with Crippen molar-refractivity contribution in [2.24, 2.45) is 0 Å². The zero-order chi connectivity index (χ0) is 13.0. The topological polar surface area (TPSA) is 12.0 Å². The fraction of sp³-hybridized carbons (Fsp3) is 0.0667. The number of halogens is 2. The van der Waals surface area contributed by atoms with Gasteiger partial charge in [0.25, 0.3) is 0 Å². The predicted molar refractivity (Wildman–Crippen MR) is 81.4 cm³/mol. The standard InChI is InChI=1S/C15H11BrClN/c1-2-3-11-4-5-12(16)10-15(11)18-14-8-6-13(17)7-9-14/h4-10,18H,1H3. The number of hydrogen-bond donors (Lipinski definition) is 1. The summed E-state index contributed by atoms with van der Waals surface area (Å²) >= 11 is 9.33. The van der Waals surface area contributed by atoms with Crippen LogP contribution in [-0.2, 0) is 0 Å². The Hall–Kier alpha value is -1.43. The molecule has 0 bridgehead atoms. The minimum Gasteiger partial charge on any atom is -0.354 e. The van der Waals surface area contributed by atoms with E-state index < -0.39 is 0 Å². The largest absolute Gasteiger partial charge is 0.354 e. The summed E-state index contributed by atoms with van der Waals surface area (Å²) in [5.74, 6) is 5.99. The van der Waals surface area contributed by atoms with E-state index in [1.807, 2.05) is 49.4 Å². The van der Waals surface area contributed by atoms with E-state index >= 15 is 0 Å². The van der Waals surface area contributed by atoms with Crippen LogP contribution in [0.25, 0.3) is 0 Å². The summed E-state index contributed by atoms with van der Waals surface area (Å²) in [6.07, 6.45) is 0. The lowest BCUT2D eigenvalue weighted by Crippen LogP contribution is -1.93. The first-order chi connectivity index (χ1) is 8.69. The van der Waals surface area contributed by atoms with Gasteiger partial charge in [-0.15, -0.1) is 5.92 Å². The first-order valence-corrected chi connectivity index (χ1v) is 6.61. The third kappa shape index (κ3) is 3.29. The van der Waals surface area contributed by atoms with Crippen molar-refractivity contribution in [2.75, 3.05) is 5.32 Å². The fourth-order valence-electron chi connectivity index (χ4n) is 1.55. The lowest BCUT2D eigenvalue weighted by atomic mass is 10.1. The Morgan fingerprint density at radius 2 is 1.83 bits per heavy atom. The van der Waals surface area contributed by atoms with Gasteiger partial charge in [-0.05, 0) is 49.4 Å². The Morgan fingerprint density at radius 3 is 2.50 bits per heavy atom. The molecule has 2 aromatic carbocycles. The van der Waals surface area contributed by atoms with Crippen molar-refractivity contribution in [1.82, 2.24) is 0 Å². The van der Waals surface area contributed by atoms with Crippen LogP contribution in [0.15, 0.2) is 46.9 Å². The smallest absolute Gasteiger partial charge is 0.0554 e. The Kier molecular flexibility index (Phi) is 4.30. The molecule has 0 aromatic heterocycles. The van der Waals surface area contributed by atoms with E-state index in [4.69, 9.17) is 11.6 Å². The van der Waals surface area contributed by atoms with Crippen molar-refractivity contribution in [3.63, 3.8) is 0 Å². The maximum Gasteiger partial charge on any atom is 0.0554 e. The molecule has 0 unspecified atom stereocenters. The van der Waals surface area contributed by atoms with E-state index in [0.717, 1.165) is 26.4 Å². The molecule has 2 rings (SSSR count). The second-order valence-electron chi connectivity index (χ2n) is 3.70. The SMILES string of the molecule is CC#Cc1ccc(Br)cc1Nc1ccc(Cl)cc1. The minimum absolute atomic E-state index is 0.725. The molecule has 0 radical (unpaired) electrons. The molecule has 1 N–H and O–H groups in total. The average molecular weight is 321 g/mol. The molecule has 0 spiro atoms. The molecule has 1 nitrogen and oxygen atoms in total. The number of anilines is 2. The summed E-state index contributed by atoms with van der Waals surface area (Å²) < 4.78 is 1.01. The van der Waals surface area contributed by atoms with Gasteiger partial charge in [-0.2, -0.15) is 0 Å². The van der Waals surface area contributed by atoms with Crippen LogP contribution in [0.5, 0.6) is 0 Å². The van der Waals surface area contributed by atoms with Gasteiger partial charge in [0, 0.05) is 20.7 Å². The zero-order valence-electron chi connectivity index (χ0n) is 9.80. The molecular weight excluding hydrogens is 310 g/mol. The summed E-state index contributed by atoms with van der Waals surface area (Å²) in [7, 11) is 0. The molecule has 0 amide bonds. The van der Waals surface area contributed by atoms with Crippen molar-refractivity contribution < 1.29 is 0 Å². The molecule has 90 valence electrons. The second kappa shape index (κ2) is 5.95. The van der Waals surface area contributed by atoms with Crippen molar-refractivity contribution in [1.29, 1.82) is 0 Å². The van der Waals surface area contributed by atoms with Crippen LogP contribution in [0, 0.1) is 11.8 Å². The molecule has 18 heavy (non-hydrogen) atoms. The molecule has 0 heterocycles. The molecular formula is C15H11BrClN. The van der Waals surface area contributed by atoms with Gasteiger partial charge in [-0.1, -0.05) is 33.5 Å². The maximum atomic E-state index is 5.86. The monoisotopic (exact) mass is 319 g/mol. The molecule has 0 aliphatic heterocycles. The zero-order valence-corrected chi connectivity index (χ0v) is 12.1. The lowest BCUT2D eigenvalue weighted by Gasteiger charge is -2.09. The van der Waals surface area contributed by atoms with Crippen LogP contribution < -0.4 is 5.32 Å². The Bertz CT molecular complexity index is 609. The first-order valence-electron chi connectivity index (χ1n) is 5.44. The van der Waals surface area contributed by atoms with E-state index in [0.29, 0.717) is 0 Å². The van der Waals surface area contributed by atoms with Gasteiger partial charge in [0.15, 0.2) is 0 Å². The highest BCUT2D eigenvalue weighted by molar-refractivity contribution is 9.10. The molecule has 0 atom stereocenters. The third-order valence-corrected chi connectivity index (χ3v) is 3.11. The molecule has 0 aliphatic rings. The van der Waals surface area contributed by atoms with Crippen molar-refractivity contribution in [3.05, 3.63) is 57.5 Å². The van der Waals surface area contributed by atoms with E-state index in [2.05, 4.69) is 33.1 Å². The summed E-state index contributed by atoms with van der Waals surface area (Å²) in [4.78, 5) is 0. The molecule has 2 aromatic rings. The lowest BCUT2D eigenvalue weighted by molar-refractivity contribution is 1.51. The highest BCUT2D eigenvalue weighted by Crippen LogP contribution is 2.25. The number of rotatable bonds is 2. The van der Waals surface area contributed by atoms with Crippen molar-refractivity contribution in [2.45, 2.75) is 6.92 Å². The summed E-state index contributed by atoms with van der Waals surface area (Å²) in [5.41, 5.74) is 2.92. The van der Waals surface area contributed by atoms with Crippen LogP contribution in [0.2, 0.25) is 5.02 Å². The fourth-order valence-corrected chi connectivity index (χ4v) is 2.04. The minimum atomic E-state index is 0.725. The van der Waals surface area contributed by atoms with Crippen LogP contribution in [0.4, 0.5) is 11.4 Å². The van der Waals surface area contributed by atoms with E-state index in [1.54, 1.807) is 0 Å². The van der Waals surface area contributed by atoms with Gasteiger partial charge < -0.3 is 5.32 Å². The van der Waals surface area contributed by atoms with Gasteiger partial charge in [0.2, 0.25) is 0 Å². The van der Waals surface area contributed by atoms with Gasteiger partial charge in [-0.3, -0.25) is 0 Å². The van der Waals surface area contributed by atoms with E-state index in [-0.39, 0.29) is 0 Å². The highest BCUT2D eigenvalue weighted by Gasteiger charge is 2.02. The summed E-state index contributed by atoms with van der Waals surface area (Å²) in [6, 6.07) is 13.6. The Balaban J connectivity index is 2.34. The maximum absolute atomic E-state index is 5.86. The highest BCUT2D eigenvalue weighted by atomic mass is 79.9. The summed E-state index contributed by atoms with van der Waals surface area (Å²) in [5, 5.41) is 4.06. The van der Waals surface area contributed by atoms with Crippen molar-refractivity contribution >= 4 is 38.9 Å². The molecule has 0 aliphatic carbocycles. The van der Waals surface area contributed by atoms with Gasteiger partial charge >= 0.3 is 0 Å². The molecule has 0 saturated carbocycles. The van der Waals surface area contributed by atoms with Gasteiger partial charge in [0.05, 0.1) is 5.69 Å². The number of benzene rings is 2. The number of hydrogen-bond acceptors (Lipinski definition) is 1. The molecule has 0 saturated heterocycles. The van der Waals surface area contributed by atoms with Crippen LogP contribution in [0.1, 0.15) is 12.5 Å². The Labute approximate surface area is 120 Å². The second-order valence-corrected chi connectivity index (χ2v) is 5.05. The number of nitrogens with one attached hydrogen (secondary N) is 1. The summed E-state index contributed by atoms with van der Waals surface area (Å²) in [6.45, 7) is 1.83.